The van der Waals surface area contributed by atoms with Crippen LogP contribution < -0.4 is 4.74 Å². The van der Waals surface area contributed by atoms with Gasteiger partial charge in [0.25, 0.3) is 0 Å². The summed E-state index contributed by atoms with van der Waals surface area (Å²) in [4.78, 5) is 23.9. The van der Waals surface area contributed by atoms with Crippen molar-refractivity contribution in [2.75, 3.05) is 0 Å². The van der Waals surface area contributed by atoms with Gasteiger partial charge < -0.3 is 15.3 Å². The maximum Gasteiger partial charge on any atom is 0.387 e. The number of benzene rings is 1. The fraction of sp³-hybridized carbons (Fsp3) is 0.357. The lowest BCUT2D eigenvalue weighted by molar-refractivity contribution is -0.138. The van der Waals surface area contributed by atoms with E-state index < -0.39 is 24.3 Å². The number of rotatable bonds is 7. The molecule has 5 nitrogen and oxygen atoms in total. The summed E-state index contributed by atoms with van der Waals surface area (Å²) in [7, 11) is 0. The van der Waals surface area contributed by atoms with Gasteiger partial charge in [-0.1, -0.05) is 0 Å². The number of ether oxygens (including phenoxy) is 1. The first-order chi connectivity index (χ1) is 10.7. The molecule has 2 N–H and O–H groups in total. The SMILES string of the molecule is N=C(C1CC1)C(C(=O)O)C(=O)c1ccc(Br)c(OC(F)F)c1Br. The van der Waals surface area contributed by atoms with E-state index >= 15 is 0 Å². The molecule has 0 heterocycles. The Balaban J connectivity index is 2.41. The third-order valence-corrected chi connectivity index (χ3v) is 4.77. The zero-order valence-electron chi connectivity index (χ0n) is 11.5. The predicted octanol–water partition coefficient (Wildman–Crippen LogP) is 4.13. The molecule has 0 saturated heterocycles. The van der Waals surface area contributed by atoms with E-state index in [0.717, 1.165) is 0 Å². The molecule has 1 atom stereocenters. The molecule has 1 fully saturated rings. The van der Waals surface area contributed by atoms with Crippen molar-refractivity contribution >= 4 is 49.3 Å². The molecule has 0 aliphatic heterocycles. The molecular weight excluding hydrogens is 444 g/mol. The zero-order chi connectivity index (χ0) is 17.3. The van der Waals surface area contributed by atoms with E-state index in [-0.39, 0.29) is 31.9 Å². The van der Waals surface area contributed by atoms with Gasteiger partial charge in [-0.15, -0.1) is 0 Å². The van der Waals surface area contributed by atoms with Crippen LogP contribution in [0.25, 0.3) is 0 Å². The molecule has 2 rings (SSSR count). The number of alkyl halides is 2. The maximum absolute atomic E-state index is 12.5. The quantitative estimate of drug-likeness (QED) is 0.368. The molecule has 1 aliphatic carbocycles. The normalized spacial score (nSPS) is 15.3. The Morgan fingerprint density at radius 1 is 1.30 bits per heavy atom. The molecule has 124 valence electrons. The lowest BCUT2D eigenvalue weighted by atomic mass is 9.90. The highest BCUT2D eigenvalue weighted by molar-refractivity contribution is 9.11. The molecule has 1 unspecified atom stereocenters. The monoisotopic (exact) mass is 453 g/mol. The molecule has 1 aliphatic rings. The van der Waals surface area contributed by atoms with Crippen LogP contribution in [-0.4, -0.2) is 29.2 Å². The predicted molar refractivity (Wildman–Crippen MR) is 84.4 cm³/mol. The van der Waals surface area contributed by atoms with E-state index in [1.807, 2.05) is 0 Å². The number of ketones is 1. The summed E-state index contributed by atoms with van der Waals surface area (Å²) in [5.41, 5.74) is -0.282. The van der Waals surface area contributed by atoms with Gasteiger partial charge in [-0.2, -0.15) is 8.78 Å². The Morgan fingerprint density at radius 2 is 1.91 bits per heavy atom. The van der Waals surface area contributed by atoms with Crippen LogP contribution in [0.1, 0.15) is 23.2 Å². The summed E-state index contributed by atoms with van der Waals surface area (Å²) in [5.74, 6) is -4.40. The molecule has 0 bridgehead atoms. The third-order valence-electron chi connectivity index (χ3n) is 3.36. The maximum atomic E-state index is 12.5. The van der Waals surface area contributed by atoms with Crippen LogP contribution in [-0.2, 0) is 4.79 Å². The minimum atomic E-state index is -3.10. The summed E-state index contributed by atoms with van der Waals surface area (Å²) in [6.07, 6.45) is 1.36. The van der Waals surface area contributed by atoms with Crippen molar-refractivity contribution in [1.29, 1.82) is 5.41 Å². The number of aliphatic carboxylic acids is 1. The molecule has 23 heavy (non-hydrogen) atoms. The highest BCUT2D eigenvalue weighted by Crippen LogP contribution is 2.39. The van der Waals surface area contributed by atoms with Crippen LogP contribution in [0.15, 0.2) is 21.1 Å². The summed E-state index contributed by atoms with van der Waals surface area (Å²) < 4.78 is 29.4. The largest absolute Gasteiger partial charge is 0.480 e. The second-order valence-corrected chi connectivity index (χ2v) is 6.63. The first-order valence-corrected chi connectivity index (χ1v) is 8.10. The fourth-order valence-electron chi connectivity index (χ4n) is 2.09. The summed E-state index contributed by atoms with van der Waals surface area (Å²) in [6.45, 7) is -3.10. The average molecular weight is 455 g/mol. The Labute approximate surface area is 146 Å². The summed E-state index contributed by atoms with van der Waals surface area (Å²) in [5, 5.41) is 17.2. The van der Waals surface area contributed by atoms with Crippen LogP contribution in [0.2, 0.25) is 0 Å². The van der Waals surface area contributed by atoms with Crippen LogP contribution in [0, 0.1) is 17.2 Å². The zero-order valence-corrected chi connectivity index (χ0v) is 14.7. The van der Waals surface area contributed by atoms with Crippen molar-refractivity contribution in [2.24, 2.45) is 11.8 Å². The van der Waals surface area contributed by atoms with Crippen molar-refractivity contribution < 1.29 is 28.2 Å². The van der Waals surface area contributed by atoms with Gasteiger partial charge in [0.15, 0.2) is 17.5 Å². The smallest absolute Gasteiger partial charge is 0.387 e. The number of carboxylic acid groups (broad SMARTS) is 1. The lowest BCUT2D eigenvalue weighted by Crippen LogP contribution is -2.32. The molecule has 1 aromatic rings. The van der Waals surface area contributed by atoms with Gasteiger partial charge in [-0.05, 0) is 62.8 Å². The van der Waals surface area contributed by atoms with Gasteiger partial charge in [0.1, 0.15) is 0 Å². The van der Waals surface area contributed by atoms with Crippen LogP contribution in [0.3, 0.4) is 0 Å². The number of carbonyl (C=O) groups is 2. The number of carboxylic acids is 1. The first kappa shape index (κ1) is 18.0. The van der Waals surface area contributed by atoms with Crippen LogP contribution in [0.4, 0.5) is 8.78 Å². The van der Waals surface area contributed by atoms with E-state index in [2.05, 4.69) is 36.6 Å². The molecule has 0 radical (unpaired) electrons. The van der Waals surface area contributed by atoms with Crippen molar-refractivity contribution in [3.63, 3.8) is 0 Å². The lowest BCUT2D eigenvalue weighted by Gasteiger charge is -2.16. The van der Waals surface area contributed by atoms with Crippen molar-refractivity contribution in [1.82, 2.24) is 0 Å². The average Bonchev–Trinajstić information content (AvgIpc) is 3.27. The Bertz CT molecular complexity index is 677. The second-order valence-electron chi connectivity index (χ2n) is 4.98. The van der Waals surface area contributed by atoms with E-state index in [1.54, 1.807) is 0 Å². The molecular formula is C14H11Br2F2NO4. The number of hydrogen-bond donors (Lipinski definition) is 2. The van der Waals surface area contributed by atoms with Crippen LogP contribution in [0.5, 0.6) is 5.75 Å². The standard InChI is InChI=1S/C14H11Br2F2NO4/c15-7-4-3-6(9(16)12(7)23-14(17)18)11(20)8(13(21)22)10(19)5-1-2-5/h3-5,8,14,19H,1-2H2,(H,21,22). The molecule has 9 heteroatoms. The van der Waals surface area contributed by atoms with Crippen LogP contribution >= 0.6 is 31.9 Å². The second kappa shape index (κ2) is 7.04. The Kier molecular flexibility index (Phi) is 5.51. The minimum Gasteiger partial charge on any atom is -0.480 e. The van der Waals surface area contributed by atoms with Gasteiger partial charge in [0, 0.05) is 11.3 Å². The van der Waals surface area contributed by atoms with Gasteiger partial charge >= 0.3 is 12.6 Å². The van der Waals surface area contributed by atoms with Gasteiger partial charge in [-0.3, -0.25) is 9.59 Å². The summed E-state index contributed by atoms with van der Waals surface area (Å²) in [6, 6.07) is 2.61. The van der Waals surface area contributed by atoms with Crippen molar-refractivity contribution in [3.05, 3.63) is 26.6 Å². The van der Waals surface area contributed by atoms with Crippen molar-refractivity contribution in [3.8, 4) is 5.75 Å². The van der Waals surface area contributed by atoms with Crippen molar-refractivity contribution in [2.45, 2.75) is 19.5 Å². The molecule has 1 saturated carbocycles. The topological polar surface area (TPSA) is 87.5 Å². The first-order valence-electron chi connectivity index (χ1n) is 6.52. The minimum absolute atomic E-state index is 0.0768. The molecule has 0 amide bonds. The van der Waals surface area contributed by atoms with E-state index in [0.29, 0.717) is 12.8 Å². The van der Waals surface area contributed by atoms with Gasteiger partial charge in [0.05, 0.1) is 8.95 Å². The van der Waals surface area contributed by atoms with Gasteiger partial charge in [-0.25, -0.2) is 0 Å². The third kappa shape index (κ3) is 3.95. The van der Waals surface area contributed by atoms with E-state index in [9.17, 15) is 23.5 Å². The van der Waals surface area contributed by atoms with E-state index in [4.69, 9.17) is 5.41 Å². The Morgan fingerprint density at radius 3 is 2.39 bits per heavy atom. The highest BCUT2D eigenvalue weighted by Gasteiger charge is 2.40. The molecule has 0 aromatic heterocycles. The Hall–Kier alpha value is -1.35. The number of nitrogens with one attached hydrogen (secondary N) is 1. The number of halogens is 4. The van der Waals surface area contributed by atoms with E-state index in [1.165, 1.54) is 12.1 Å². The highest BCUT2D eigenvalue weighted by atomic mass is 79.9. The molecule has 0 spiro atoms. The number of carbonyl (C=O) groups excluding carboxylic acids is 1. The molecule has 1 aromatic carbocycles. The van der Waals surface area contributed by atoms with Gasteiger partial charge in [0.2, 0.25) is 0 Å². The fourth-order valence-corrected chi connectivity index (χ4v) is 3.42. The number of hydrogen-bond acceptors (Lipinski definition) is 4. The number of Topliss-reactive ketones (excluding diaryl/α,β-unsaturated/α-hetero) is 1. The summed E-state index contributed by atoms with van der Waals surface area (Å²) >= 11 is 6.04.